The Hall–Kier alpha value is -1.13. The van der Waals surface area contributed by atoms with E-state index in [0.29, 0.717) is 12.4 Å². The zero-order chi connectivity index (χ0) is 10.9. The Bertz CT molecular complexity index is 351. The first kappa shape index (κ1) is 10.4. The monoisotopic (exact) mass is 207 g/mol. The van der Waals surface area contributed by atoms with E-state index in [4.69, 9.17) is 5.73 Å². The quantitative estimate of drug-likeness (QED) is 0.746. The molecule has 1 saturated heterocycles. The smallest absolute Gasteiger partial charge is 0.123 e. The maximum absolute atomic E-state index is 9.81. The predicted molar refractivity (Wildman–Crippen MR) is 59.2 cm³/mol. The van der Waals surface area contributed by atoms with Crippen LogP contribution in [-0.4, -0.2) is 33.7 Å². The van der Waals surface area contributed by atoms with Crippen molar-refractivity contribution in [2.24, 2.45) is 0 Å². The lowest BCUT2D eigenvalue weighted by Crippen LogP contribution is -2.29. The second kappa shape index (κ2) is 3.79. The normalized spacial score (nSPS) is 27.1. The summed E-state index contributed by atoms with van der Waals surface area (Å²) in [4.78, 5) is 6.44. The number of rotatable bonds is 2. The molecule has 2 heterocycles. The molecule has 0 spiro atoms. The van der Waals surface area contributed by atoms with Crippen molar-refractivity contribution in [2.75, 3.05) is 18.8 Å². The number of nitrogens with zero attached hydrogens (tertiary/aromatic N) is 2. The number of hydrogen-bond donors (Lipinski definition) is 2. The van der Waals surface area contributed by atoms with Gasteiger partial charge in [0.15, 0.2) is 0 Å². The third-order valence-electron chi connectivity index (χ3n) is 2.74. The van der Waals surface area contributed by atoms with E-state index in [1.54, 1.807) is 6.07 Å². The molecule has 0 amide bonds. The number of aliphatic hydroxyl groups is 1. The zero-order valence-electron chi connectivity index (χ0n) is 8.98. The molecule has 1 fully saturated rings. The average molecular weight is 207 g/mol. The minimum atomic E-state index is -0.541. The molecular weight excluding hydrogens is 190 g/mol. The van der Waals surface area contributed by atoms with Crippen LogP contribution in [0.25, 0.3) is 0 Å². The fraction of sp³-hybridized carbons (Fsp3) is 0.545. The molecule has 0 bridgehead atoms. The highest BCUT2D eigenvalue weighted by Crippen LogP contribution is 2.21. The zero-order valence-corrected chi connectivity index (χ0v) is 8.98. The highest BCUT2D eigenvalue weighted by atomic mass is 16.3. The minimum absolute atomic E-state index is 0.541. The number of hydrogen-bond acceptors (Lipinski definition) is 4. The number of β-amino-alcohol motifs (C(OH)–C–C–N with tert-alkyl or cyclic N) is 1. The Labute approximate surface area is 89.7 Å². The number of nitrogen functional groups attached to an aromatic ring is 1. The van der Waals surface area contributed by atoms with Crippen LogP contribution in [0.5, 0.6) is 0 Å². The number of pyridine rings is 1. The van der Waals surface area contributed by atoms with Gasteiger partial charge in [-0.25, -0.2) is 4.98 Å². The van der Waals surface area contributed by atoms with Crippen molar-refractivity contribution >= 4 is 5.82 Å². The molecule has 1 aromatic rings. The van der Waals surface area contributed by atoms with Crippen molar-refractivity contribution in [3.63, 3.8) is 0 Å². The molecule has 1 aliphatic heterocycles. The topological polar surface area (TPSA) is 62.4 Å². The Balaban J connectivity index is 1.99. The first-order chi connectivity index (χ1) is 7.05. The van der Waals surface area contributed by atoms with Gasteiger partial charge in [-0.05, 0) is 25.5 Å². The van der Waals surface area contributed by atoms with Gasteiger partial charge < -0.3 is 10.8 Å². The molecular formula is C11H17N3O. The average Bonchev–Trinajstić information content (AvgIpc) is 2.45. The molecule has 2 rings (SSSR count). The van der Waals surface area contributed by atoms with Crippen molar-refractivity contribution in [3.05, 3.63) is 23.9 Å². The molecule has 0 aromatic carbocycles. The lowest BCUT2D eigenvalue weighted by Gasteiger charge is -2.18. The van der Waals surface area contributed by atoms with Gasteiger partial charge >= 0.3 is 0 Å². The van der Waals surface area contributed by atoms with Crippen molar-refractivity contribution in [1.29, 1.82) is 0 Å². The van der Waals surface area contributed by atoms with Crippen molar-refractivity contribution < 1.29 is 5.11 Å². The van der Waals surface area contributed by atoms with E-state index < -0.39 is 5.60 Å². The van der Waals surface area contributed by atoms with Crippen molar-refractivity contribution in [3.8, 4) is 0 Å². The molecule has 82 valence electrons. The molecule has 0 aliphatic carbocycles. The van der Waals surface area contributed by atoms with Gasteiger partial charge in [-0.1, -0.05) is 6.07 Å². The highest BCUT2D eigenvalue weighted by molar-refractivity contribution is 5.28. The van der Waals surface area contributed by atoms with Crippen molar-refractivity contribution in [2.45, 2.75) is 25.5 Å². The second-order valence-electron chi connectivity index (χ2n) is 4.51. The van der Waals surface area contributed by atoms with Gasteiger partial charge in [0.25, 0.3) is 0 Å². The summed E-state index contributed by atoms with van der Waals surface area (Å²) in [5.41, 5.74) is 6.03. The minimum Gasteiger partial charge on any atom is -0.389 e. The maximum atomic E-state index is 9.81. The van der Waals surface area contributed by atoms with E-state index in [1.807, 2.05) is 19.1 Å². The Kier molecular flexibility index (Phi) is 2.63. The summed E-state index contributed by atoms with van der Waals surface area (Å²) < 4.78 is 0. The van der Waals surface area contributed by atoms with Crippen LogP contribution in [0, 0.1) is 0 Å². The summed E-state index contributed by atoms with van der Waals surface area (Å²) in [6, 6.07) is 5.65. The van der Waals surface area contributed by atoms with E-state index in [1.165, 1.54) is 0 Å². The predicted octanol–water partition coefficient (Wildman–Crippen LogP) is 0.621. The summed E-state index contributed by atoms with van der Waals surface area (Å²) >= 11 is 0. The highest BCUT2D eigenvalue weighted by Gasteiger charge is 2.31. The lowest BCUT2D eigenvalue weighted by molar-refractivity contribution is 0.0677. The maximum Gasteiger partial charge on any atom is 0.123 e. The Morgan fingerprint density at radius 2 is 2.40 bits per heavy atom. The van der Waals surface area contributed by atoms with Gasteiger partial charge in [-0.3, -0.25) is 4.90 Å². The van der Waals surface area contributed by atoms with E-state index in [9.17, 15) is 5.11 Å². The molecule has 1 aromatic heterocycles. The molecule has 1 aliphatic rings. The molecule has 0 radical (unpaired) electrons. The second-order valence-corrected chi connectivity index (χ2v) is 4.51. The first-order valence-corrected chi connectivity index (χ1v) is 5.21. The van der Waals surface area contributed by atoms with Crippen molar-refractivity contribution in [1.82, 2.24) is 9.88 Å². The molecule has 1 unspecified atom stereocenters. The fourth-order valence-corrected chi connectivity index (χ4v) is 1.99. The van der Waals surface area contributed by atoms with Crippen LogP contribution in [0.15, 0.2) is 18.2 Å². The van der Waals surface area contributed by atoms with Crippen LogP contribution >= 0.6 is 0 Å². The summed E-state index contributed by atoms with van der Waals surface area (Å²) in [5, 5.41) is 9.81. The van der Waals surface area contributed by atoms with E-state index >= 15 is 0 Å². The molecule has 15 heavy (non-hydrogen) atoms. The number of anilines is 1. The molecule has 4 heteroatoms. The summed E-state index contributed by atoms with van der Waals surface area (Å²) in [6.07, 6.45) is 0.829. The van der Waals surface area contributed by atoms with Crippen LogP contribution in [0.3, 0.4) is 0 Å². The van der Waals surface area contributed by atoms with Crippen LogP contribution in [0.1, 0.15) is 19.0 Å². The first-order valence-electron chi connectivity index (χ1n) is 5.21. The summed E-state index contributed by atoms with van der Waals surface area (Å²) in [7, 11) is 0. The van der Waals surface area contributed by atoms with E-state index in [2.05, 4.69) is 9.88 Å². The molecule has 4 nitrogen and oxygen atoms in total. The number of nitrogens with two attached hydrogens (primary N) is 1. The Morgan fingerprint density at radius 3 is 3.00 bits per heavy atom. The molecule has 1 atom stereocenters. The van der Waals surface area contributed by atoms with Crippen LogP contribution in [0.4, 0.5) is 5.82 Å². The molecule has 0 saturated carbocycles. The SMILES string of the molecule is CC1(O)CCN(Cc2cccc(N)n2)C1. The van der Waals surface area contributed by atoms with Gasteiger partial charge in [0.05, 0.1) is 11.3 Å². The fourth-order valence-electron chi connectivity index (χ4n) is 1.99. The van der Waals surface area contributed by atoms with Crippen LogP contribution in [0.2, 0.25) is 0 Å². The van der Waals surface area contributed by atoms with Gasteiger partial charge in [0.2, 0.25) is 0 Å². The van der Waals surface area contributed by atoms with Crippen LogP contribution in [-0.2, 0) is 6.54 Å². The standard InChI is InChI=1S/C11H17N3O/c1-11(15)5-6-14(8-11)7-9-3-2-4-10(12)13-9/h2-4,15H,5-8H2,1H3,(H2,12,13). The van der Waals surface area contributed by atoms with E-state index in [-0.39, 0.29) is 0 Å². The third-order valence-corrected chi connectivity index (χ3v) is 2.74. The summed E-state index contributed by atoms with van der Waals surface area (Å²) in [6.45, 7) is 4.27. The molecule has 3 N–H and O–H groups in total. The Morgan fingerprint density at radius 1 is 1.60 bits per heavy atom. The van der Waals surface area contributed by atoms with E-state index in [0.717, 1.165) is 25.2 Å². The number of aromatic nitrogens is 1. The van der Waals surface area contributed by atoms with Crippen LogP contribution < -0.4 is 5.73 Å². The van der Waals surface area contributed by atoms with Gasteiger partial charge in [-0.2, -0.15) is 0 Å². The van der Waals surface area contributed by atoms with Gasteiger partial charge in [-0.15, -0.1) is 0 Å². The summed E-state index contributed by atoms with van der Waals surface area (Å²) in [5.74, 6) is 0.554. The largest absolute Gasteiger partial charge is 0.389 e. The van der Waals surface area contributed by atoms with Gasteiger partial charge in [0.1, 0.15) is 5.82 Å². The van der Waals surface area contributed by atoms with Gasteiger partial charge in [0, 0.05) is 19.6 Å². The lowest BCUT2D eigenvalue weighted by atomic mass is 10.1. The third kappa shape index (κ3) is 2.67. The number of likely N-dealkylation sites (tertiary alicyclic amines) is 1.